The first-order valence-corrected chi connectivity index (χ1v) is 8.22. The van der Waals surface area contributed by atoms with Gasteiger partial charge in [0.05, 0.1) is 15.9 Å². The molecule has 0 aliphatic carbocycles. The third-order valence-electron chi connectivity index (χ3n) is 3.77. The van der Waals surface area contributed by atoms with Gasteiger partial charge >= 0.3 is 0 Å². The van der Waals surface area contributed by atoms with Gasteiger partial charge in [-0.05, 0) is 47.4 Å². The van der Waals surface area contributed by atoms with Crippen molar-refractivity contribution in [3.63, 3.8) is 0 Å². The molecule has 114 valence electrons. The average molecular weight is 351 g/mol. The van der Waals surface area contributed by atoms with Crippen molar-refractivity contribution in [3.8, 4) is 0 Å². The van der Waals surface area contributed by atoms with Gasteiger partial charge in [-0.25, -0.2) is 0 Å². The van der Waals surface area contributed by atoms with E-state index in [9.17, 15) is 0 Å². The Labute approximate surface area is 135 Å². The Morgan fingerprint density at radius 1 is 1.38 bits per heavy atom. The Morgan fingerprint density at radius 2 is 2.14 bits per heavy atom. The second-order valence-corrected chi connectivity index (χ2v) is 5.97. The van der Waals surface area contributed by atoms with E-state index in [1.165, 1.54) is 11.3 Å². The SMILES string of the molecule is CCNC(Cc1c(Br)c(CC)nn1C)c1cccnc1C. The Kier molecular flexibility index (Phi) is 5.53. The van der Waals surface area contributed by atoms with Gasteiger partial charge in [-0.3, -0.25) is 9.67 Å². The summed E-state index contributed by atoms with van der Waals surface area (Å²) in [6.45, 7) is 7.25. The molecule has 1 unspecified atom stereocenters. The zero-order valence-corrected chi connectivity index (χ0v) is 14.7. The molecule has 0 amide bonds. The molecule has 0 aromatic carbocycles. The molecule has 0 aliphatic rings. The summed E-state index contributed by atoms with van der Waals surface area (Å²) < 4.78 is 3.12. The number of halogens is 1. The molecule has 0 saturated heterocycles. The summed E-state index contributed by atoms with van der Waals surface area (Å²) >= 11 is 3.71. The van der Waals surface area contributed by atoms with E-state index in [-0.39, 0.29) is 6.04 Å². The molecule has 21 heavy (non-hydrogen) atoms. The fraction of sp³-hybridized carbons (Fsp3) is 0.500. The highest BCUT2D eigenvalue weighted by Crippen LogP contribution is 2.27. The zero-order chi connectivity index (χ0) is 15.4. The number of hydrogen-bond acceptors (Lipinski definition) is 3. The van der Waals surface area contributed by atoms with Crippen molar-refractivity contribution in [1.82, 2.24) is 20.1 Å². The lowest BCUT2D eigenvalue weighted by atomic mass is 10.0. The average Bonchev–Trinajstić information content (AvgIpc) is 2.74. The quantitative estimate of drug-likeness (QED) is 0.868. The molecular weight excluding hydrogens is 328 g/mol. The van der Waals surface area contributed by atoms with Crippen molar-refractivity contribution in [2.24, 2.45) is 7.05 Å². The largest absolute Gasteiger partial charge is 0.310 e. The molecule has 2 aromatic heterocycles. The molecule has 0 spiro atoms. The first kappa shape index (κ1) is 16.2. The molecule has 2 rings (SSSR count). The second-order valence-electron chi connectivity index (χ2n) is 5.18. The minimum Gasteiger partial charge on any atom is -0.310 e. The number of likely N-dealkylation sites (N-methyl/N-ethyl adjacent to an activating group) is 1. The Bertz CT molecular complexity index is 606. The number of nitrogens with one attached hydrogen (secondary N) is 1. The fourth-order valence-corrected chi connectivity index (χ4v) is 3.42. The second kappa shape index (κ2) is 7.18. The maximum absolute atomic E-state index is 4.58. The van der Waals surface area contributed by atoms with Gasteiger partial charge in [0.1, 0.15) is 0 Å². The van der Waals surface area contributed by atoms with Crippen LogP contribution in [0.2, 0.25) is 0 Å². The van der Waals surface area contributed by atoms with Gasteiger partial charge in [-0.15, -0.1) is 0 Å². The molecule has 2 heterocycles. The Balaban J connectivity index is 2.33. The number of aryl methyl sites for hydroxylation is 3. The Morgan fingerprint density at radius 3 is 2.71 bits per heavy atom. The predicted octanol–water partition coefficient (Wildman–Crippen LogP) is 3.34. The highest BCUT2D eigenvalue weighted by molar-refractivity contribution is 9.10. The highest BCUT2D eigenvalue weighted by Gasteiger charge is 2.19. The van der Waals surface area contributed by atoms with E-state index < -0.39 is 0 Å². The van der Waals surface area contributed by atoms with Crippen LogP contribution < -0.4 is 5.32 Å². The Hall–Kier alpha value is -1.20. The van der Waals surface area contributed by atoms with Crippen LogP contribution in [0.1, 0.15) is 42.5 Å². The van der Waals surface area contributed by atoms with Crippen LogP contribution in [0.3, 0.4) is 0 Å². The van der Waals surface area contributed by atoms with Crippen LogP contribution in [0.4, 0.5) is 0 Å². The molecule has 1 atom stereocenters. The van der Waals surface area contributed by atoms with E-state index in [0.717, 1.165) is 35.2 Å². The van der Waals surface area contributed by atoms with E-state index in [4.69, 9.17) is 0 Å². The van der Waals surface area contributed by atoms with Crippen molar-refractivity contribution in [3.05, 3.63) is 45.4 Å². The van der Waals surface area contributed by atoms with E-state index in [1.54, 1.807) is 0 Å². The molecule has 5 heteroatoms. The lowest BCUT2D eigenvalue weighted by molar-refractivity contribution is 0.524. The van der Waals surface area contributed by atoms with Crippen LogP contribution in [-0.2, 0) is 19.9 Å². The summed E-state index contributed by atoms with van der Waals surface area (Å²) in [7, 11) is 2.01. The topological polar surface area (TPSA) is 42.7 Å². The van der Waals surface area contributed by atoms with Gasteiger partial charge in [0, 0.05) is 31.4 Å². The number of aromatic nitrogens is 3. The molecule has 0 fully saturated rings. The van der Waals surface area contributed by atoms with Gasteiger partial charge in [-0.1, -0.05) is 19.9 Å². The summed E-state index contributed by atoms with van der Waals surface area (Å²) in [5, 5.41) is 8.15. The lowest BCUT2D eigenvalue weighted by Gasteiger charge is -2.20. The minimum atomic E-state index is 0.250. The van der Waals surface area contributed by atoms with Crippen molar-refractivity contribution in [2.45, 2.75) is 39.7 Å². The van der Waals surface area contributed by atoms with E-state index >= 15 is 0 Å². The molecule has 0 saturated carbocycles. The monoisotopic (exact) mass is 350 g/mol. The first-order chi connectivity index (χ1) is 10.1. The summed E-state index contributed by atoms with van der Waals surface area (Å²) in [5.74, 6) is 0. The maximum Gasteiger partial charge on any atom is 0.0766 e. The number of pyridine rings is 1. The third kappa shape index (κ3) is 3.52. The van der Waals surface area contributed by atoms with Crippen LogP contribution in [0, 0.1) is 6.92 Å². The smallest absolute Gasteiger partial charge is 0.0766 e. The molecule has 0 bridgehead atoms. The first-order valence-electron chi connectivity index (χ1n) is 7.43. The molecule has 0 aliphatic heterocycles. The predicted molar refractivity (Wildman–Crippen MR) is 89.4 cm³/mol. The van der Waals surface area contributed by atoms with Gasteiger partial charge < -0.3 is 5.32 Å². The van der Waals surface area contributed by atoms with Crippen LogP contribution in [0.15, 0.2) is 22.8 Å². The number of rotatable bonds is 6. The molecular formula is C16H23BrN4. The van der Waals surface area contributed by atoms with Crippen molar-refractivity contribution in [1.29, 1.82) is 0 Å². The van der Waals surface area contributed by atoms with Crippen LogP contribution >= 0.6 is 15.9 Å². The van der Waals surface area contributed by atoms with E-state index in [0.29, 0.717) is 0 Å². The van der Waals surface area contributed by atoms with Gasteiger partial charge in [0.25, 0.3) is 0 Å². The van der Waals surface area contributed by atoms with Crippen molar-refractivity contribution in [2.75, 3.05) is 6.54 Å². The molecule has 1 N–H and O–H groups in total. The van der Waals surface area contributed by atoms with Crippen LogP contribution in [0.25, 0.3) is 0 Å². The zero-order valence-electron chi connectivity index (χ0n) is 13.2. The molecule has 0 radical (unpaired) electrons. The van der Waals surface area contributed by atoms with E-state index in [2.05, 4.69) is 58.2 Å². The standard InChI is InChI=1S/C16H23BrN4/c1-5-13-16(17)15(21(4)20-13)10-14(18-6-2)12-8-7-9-19-11(12)3/h7-9,14,18H,5-6,10H2,1-4H3. The van der Waals surface area contributed by atoms with Crippen molar-refractivity contribution >= 4 is 15.9 Å². The van der Waals surface area contributed by atoms with E-state index in [1.807, 2.05) is 24.0 Å². The highest BCUT2D eigenvalue weighted by atomic mass is 79.9. The number of nitrogens with zero attached hydrogens (tertiary/aromatic N) is 3. The van der Waals surface area contributed by atoms with Gasteiger partial charge in [0.2, 0.25) is 0 Å². The summed E-state index contributed by atoms with van der Waals surface area (Å²) in [6.07, 6.45) is 3.67. The summed E-state index contributed by atoms with van der Waals surface area (Å²) in [6, 6.07) is 4.41. The third-order valence-corrected chi connectivity index (χ3v) is 4.69. The summed E-state index contributed by atoms with van der Waals surface area (Å²) in [4.78, 5) is 4.42. The summed E-state index contributed by atoms with van der Waals surface area (Å²) in [5.41, 5.74) is 4.68. The van der Waals surface area contributed by atoms with Crippen LogP contribution in [-0.4, -0.2) is 21.3 Å². The molecule has 4 nitrogen and oxygen atoms in total. The minimum absolute atomic E-state index is 0.250. The molecule has 2 aromatic rings. The van der Waals surface area contributed by atoms with Gasteiger partial charge in [0.15, 0.2) is 0 Å². The normalized spacial score (nSPS) is 12.6. The maximum atomic E-state index is 4.58. The van der Waals surface area contributed by atoms with Crippen LogP contribution in [0.5, 0.6) is 0 Å². The lowest BCUT2D eigenvalue weighted by Crippen LogP contribution is -2.25. The fourth-order valence-electron chi connectivity index (χ4n) is 2.64. The number of hydrogen-bond donors (Lipinski definition) is 1. The van der Waals surface area contributed by atoms with Crippen molar-refractivity contribution < 1.29 is 0 Å². The van der Waals surface area contributed by atoms with Gasteiger partial charge in [-0.2, -0.15) is 5.10 Å².